The van der Waals surface area contributed by atoms with Gasteiger partial charge in [0.05, 0.1) is 6.26 Å². The van der Waals surface area contributed by atoms with Gasteiger partial charge in [-0.1, -0.05) is 13.8 Å². The van der Waals surface area contributed by atoms with E-state index in [0.717, 1.165) is 6.26 Å². The highest BCUT2D eigenvalue weighted by atomic mass is 32.2. The van der Waals surface area contributed by atoms with Gasteiger partial charge < -0.3 is 4.52 Å². The Bertz CT molecular complexity index is 302. The maximum Gasteiger partial charge on any atom is 0.265 e. The molecule has 0 amide bonds. The average molecular weight is 244 g/mol. The molecule has 5 nitrogen and oxygen atoms in total. The van der Waals surface area contributed by atoms with Crippen molar-refractivity contribution in [3.05, 3.63) is 0 Å². The van der Waals surface area contributed by atoms with E-state index >= 15 is 0 Å². The predicted molar refractivity (Wildman–Crippen MR) is 55.2 cm³/mol. The van der Waals surface area contributed by atoms with Crippen LogP contribution in [0.2, 0.25) is 0 Å². The minimum atomic E-state index is -3.59. The molecule has 0 aliphatic carbocycles. The van der Waals surface area contributed by atoms with Crippen molar-refractivity contribution in [3.63, 3.8) is 0 Å². The Morgan fingerprint density at radius 2 is 1.86 bits per heavy atom. The van der Waals surface area contributed by atoms with E-state index in [2.05, 4.69) is 0 Å². The first-order valence-electron chi connectivity index (χ1n) is 4.31. The van der Waals surface area contributed by atoms with E-state index in [4.69, 9.17) is 8.71 Å². The molecule has 0 rings (SSSR count). The van der Waals surface area contributed by atoms with E-state index in [9.17, 15) is 13.0 Å². The summed E-state index contributed by atoms with van der Waals surface area (Å²) in [5.74, 6) is -0.868. The third-order valence-electron chi connectivity index (χ3n) is 1.82. The minimum absolute atomic E-state index is 0.261. The zero-order valence-electron chi connectivity index (χ0n) is 8.89. The molecule has 0 aliphatic rings. The summed E-state index contributed by atoms with van der Waals surface area (Å²) in [6.45, 7) is 3.38. The molecular weight excluding hydrogens is 227 g/mol. The highest BCUT2D eigenvalue weighted by molar-refractivity contribution is 7.86. The summed E-state index contributed by atoms with van der Waals surface area (Å²) >= 11 is 0. The quantitative estimate of drug-likeness (QED) is 0.524. The summed E-state index contributed by atoms with van der Waals surface area (Å²) in [5.41, 5.74) is 0. The zero-order valence-corrected chi connectivity index (χ0v) is 10.6. The van der Waals surface area contributed by atoms with E-state index in [1.54, 1.807) is 13.8 Å². The molecule has 0 saturated carbocycles. The van der Waals surface area contributed by atoms with Gasteiger partial charge in [0.1, 0.15) is 0 Å². The van der Waals surface area contributed by atoms with Crippen LogP contribution in [0.15, 0.2) is 0 Å². The van der Waals surface area contributed by atoms with E-state index in [1.165, 1.54) is 7.11 Å². The molecule has 0 radical (unpaired) electrons. The second kappa shape index (κ2) is 5.26. The van der Waals surface area contributed by atoms with Gasteiger partial charge in [-0.25, -0.2) is 0 Å². The molecule has 0 heterocycles. The van der Waals surface area contributed by atoms with Crippen LogP contribution in [-0.4, -0.2) is 33.8 Å². The average Bonchev–Trinajstić information content (AvgIpc) is 2.11. The Kier molecular flexibility index (Phi) is 5.30. The molecule has 0 bridgehead atoms. The molecule has 0 aliphatic heterocycles. The molecule has 0 aromatic rings. The van der Waals surface area contributed by atoms with Crippen molar-refractivity contribution in [1.82, 2.24) is 0 Å². The minimum Gasteiger partial charge on any atom is -0.330 e. The van der Waals surface area contributed by atoms with Crippen LogP contribution in [0.4, 0.5) is 0 Å². The van der Waals surface area contributed by atoms with E-state index in [0.29, 0.717) is 6.42 Å². The van der Waals surface area contributed by atoms with Crippen LogP contribution < -0.4 is 0 Å². The molecule has 0 spiro atoms. The van der Waals surface area contributed by atoms with Gasteiger partial charge in [0.2, 0.25) is 7.37 Å². The molecule has 7 heteroatoms. The van der Waals surface area contributed by atoms with Gasteiger partial charge in [0, 0.05) is 13.3 Å². The SMILES string of the molecule is CCC(OS(C)(=O)=O)P(=O)(CC)OC. The first kappa shape index (κ1) is 14.1. The van der Waals surface area contributed by atoms with Crippen molar-refractivity contribution < 1.29 is 21.7 Å². The van der Waals surface area contributed by atoms with Crippen LogP contribution >= 0.6 is 7.37 Å². The molecule has 0 saturated heterocycles. The van der Waals surface area contributed by atoms with E-state index in [1.807, 2.05) is 0 Å². The van der Waals surface area contributed by atoms with Gasteiger partial charge in [-0.3, -0.25) is 8.75 Å². The normalized spacial score (nSPS) is 18.9. The van der Waals surface area contributed by atoms with Gasteiger partial charge >= 0.3 is 0 Å². The highest BCUT2D eigenvalue weighted by Crippen LogP contribution is 2.52. The third kappa shape index (κ3) is 4.09. The van der Waals surface area contributed by atoms with E-state index in [-0.39, 0.29) is 6.16 Å². The maximum absolute atomic E-state index is 11.9. The van der Waals surface area contributed by atoms with Crippen molar-refractivity contribution in [1.29, 1.82) is 0 Å². The Morgan fingerprint density at radius 1 is 1.36 bits per heavy atom. The number of rotatable bonds is 6. The summed E-state index contributed by atoms with van der Waals surface area (Å²) < 4.78 is 43.3. The van der Waals surface area contributed by atoms with Crippen LogP contribution in [0.5, 0.6) is 0 Å². The van der Waals surface area contributed by atoms with Gasteiger partial charge in [0.15, 0.2) is 5.85 Å². The zero-order chi connectivity index (χ0) is 11.4. The Morgan fingerprint density at radius 3 is 2.07 bits per heavy atom. The number of hydrogen-bond acceptors (Lipinski definition) is 5. The third-order valence-corrected chi connectivity index (χ3v) is 5.40. The second-order valence-corrected chi connectivity index (χ2v) is 7.51. The van der Waals surface area contributed by atoms with Crippen LogP contribution in [0.25, 0.3) is 0 Å². The lowest BCUT2D eigenvalue weighted by Crippen LogP contribution is -2.18. The van der Waals surface area contributed by atoms with Crippen LogP contribution in [0, 0.1) is 0 Å². The molecule has 0 fully saturated rings. The summed E-state index contributed by atoms with van der Waals surface area (Å²) in [6.07, 6.45) is 1.54. The van der Waals surface area contributed by atoms with E-state index < -0.39 is 23.3 Å². The predicted octanol–water partition coefficient (Wildman–Crippen LogP) is 1.64. The molecule has 0 N–H and O–H groups in total. The second-order valence-electron chi connectivity index (χ2n) is 2.89. The lowest BCUT2D eigenvalue weighted by Gasteiger charge is -2.22. The Labute approximate surface area is 85.4 Å². The molecule has 86 valence electrons. The molecule has 2 unspecified atom stereocenters. The van der Waals surface area contributed by atoms with Crippen molar-refractivity contribution in [3.8, 4) is 0 Å². The summed E-state index contributed by atoms with van der Waals surface area (Å²) in [4.78, 5) is 0. The monoisotopic (exact) mass is 244 g/mol. The smallest absolute Gasteiger partial charge is 0.265 e. The lowest BCUT2D eigenvalue weighted by molar-refractivity contribution is 0.245. The molecule has 0 aromatic carbocycles. The fourth-order valence-electron chi connectivity index (χ4n) is 1.06. The first-order chi connectivity index (χ1) is 6.29. The summed E-state index contributed by atoms with van der Waals surface area (Å²) in [7, 11) is -5.28. The summed E-state index contributed by atoms with van der Waals surface area (Å²) in [6, 6.07) is 0. The topological polar surface area (TPSA) is 69.7 Å². The fourth-order valence-corrected chi connectivity index (χ4v) is 4.05. The Balaban J connectivity index is 4.81. The molecule has 14 heavy (non-hydrogen) atoms. The largest absolute Gasteiger partial charge is 0.330 e. The van der Waals surface area contributed by atoms with Crippen LogP contribution in [-0.2, 0) is 23.4 Å². The lowest BCUT2D eigenvalue weighted by atomic mass is 10.5. The molecule has 0 aromatic heterocycles. The summed E-state index contributed by atoms with van der Waals surface area (Å²) in [5, 5.41) is 0. The van der Waals surface area contributed by atoms with Gasteiger partial charge in [-0.2, -0.15) is 8.42 Å². The maximum atomic E-state index is 11.9. The van der Waals surface area contributed by atoms with Gasteiger partial charge in [0.25, 0.3) is 10.1 Å². The van der Waals surface area contributed by atoms with Crippen molar-refractivity contribution in [2.75, 3.05) is 19.5 Å². The van der Waals surface area contributed by atoms with Crippen LogP contribution in [0.3, 0.4) is 0 Å². The van der Waals surface area contributed by atoms with Gasteiger partial charge in [-0.05, 0) is 6.42 Å². The van der Waals surface area contributed by atoms with Gasteiger partial charge in [-0.15, -0.1) is 0 Å². The molecular formula is C7H17O5PS. The number of hydrogen-bond donors (Lipinski definition) is 0. The van der Waals surface area contributed by atoms with Crippen molar-refractivity contribution >= 4 is 17.5 Å². The Hall–Kier alpha value is 0.1000. The fraction of sp³-hybridized carbons (Fsp3) is 1.00. The van der Waals surface area contributed by atoms with Crippen LogP contribution in [0.1, 0.15) is 20.3 Å². The molecule has 2 atom stereocenters. The van der Waals surface area contributed by atoms with Crippen molar-refractivity contribution in [2.45, 2.75) is 26.1 Å². The highest BCUT2D eigenvalue weighted by Gasteiger charge is 2.33. The van der Waals surface area contributed by atoms with Crippen molar-refractivity contribution in [2.24, 2.45) is 0 Å². The standard InChI is InChI=1S/C7H17O5PS/c1-5-7(12-14(4,9)10)13(8,6-2)11-3/h7H,5-6H2,1-4H3. The first-order valence-corrected chi connectivity index (χ1v) is 8.01.